The number of carboxylic acid groups (broad SMARTS) is 1. The predicted molar refractivity (Wildman–Crippen MR) is 33.7 cm³/mol. The summed E-state index contributed by atoms with van der Waals surface area (Å²) in [6.45, 7) is 3.50. The van der Waals surface area contributed by atoms with Gasteiger partial charge in [0.05, 0.1) is 6.21 Å². The van der Waals surface area contributed by atoms with Crippen molar-refractivity contribution in [1.29, 1.82) is 5.26 Å². The molecule has 54 valence electrons. The first-order valence-corrected chi connectivity index (χ1v) is 2.13. The van der Waals surface area contributed by atoms with E-state index in [2.05, 4.69) is 11.6 Å². The Kier molecular flexibility index (Phi) is 8.14. The normalized spacial score (nSPS) is 7.90. The van der Waals surface area contributed by atoms with Crippen LogP contribution in [-0.4, -0.2) is 30.1 Å². The smallest absolute Gasteiger partial charge is 0.378 e. The number of nitriles is 1. The molecular formula is C5H6N2O3. The average Bonchev–Trinajstić information content (AvgIpc) is 1.93. The third-order valence-electron chi connectivity index (χ3n) is 0.457. The third-order valence-corrected chi connectivity index (χ3v) is 0.457. The fourth-order valence-electron chi connectivity index (χ4n) is 0.172. The van der Waals surface area contributed by atoms with Crippen LogP contribution < -0.4 is 0 Å². The lowest BCUT2D eigenvalue weighted by molar-refractivity contribution is -0.145. The second-order valence-electron chi connectivity index (χ2n) is 1.06. The van der Waals surface area contributed by atoms with E-state index >= 15 is 0 Å². The maximum absolute atomic E-state index is 9.99. The lowest BCUT2D eigenvalue weighted by Gasteiger charge is -1.77. The molecule has 0 bridgehead atoms. The molecule has 10 heavy (non-hydrogen) atoms. The molecule has 0 aromatic heterocycles. The van der Waals surface area contributed by atoms with E-state index in [1.54, 1.807) is 0 Å². The number of carbonyl (C=O) groups excluding carboxylic acids is 1. The highest BCUT2D eigenvalue weighted by molar-refractivity contribution is 6.56. The zero-order valence-corrected chi connectivity index (χ0v) is 5.31. The first-order valence-electron chi connectivity index (χ1n) is 2.13. The molecule has 0 spiro atoms. The molecule has 5 nitrogen and oxygen atoms in total. The van der Waals surface area contributed by atoms with Crippen LogP contribution in [0.25, 0.3) is 0 Å². The summed E-state index contributed by atoms with van der Waals surface area (Å²) in [5, 5.41) is 14.4. The van der Waals surface area contributed by atoms with E-state index < -0.39 is 11.8 Å². The van der Waals surface area contributed by atoms with Gasteiger partial charge in [-0.1, -0.05) is 0 Å². The van der Waals surface area contributed by atoms with Crippen LogP contribution in [-0.2, 0) is 9.59 Å². The van der Waals surface area contributed by atoms with Gasteiger partial charge in [-0.2, -0.15) is 0 Å². The first-order chi connectivity index (χ1) is 4.68. The predicted octanol–water partition coefficient (Wildman–Crippen LogP) is -0.520. The van der Waals surface area contributed by atoms with Gasteiger partial charge >= 0.3 is 5.97 Å². The minimum Gasteiger partial charge on any atom is -0.475 e. The lowest BCUT2D eigenvalue weighted by atomic mass is 10.4. The number of Topliss-reactive ketones (excluding diaryl/α,β-unsaturated/α-hetero) is 1. The molecule has 0 heterocycles. The number of hydrogen-bond acceptors (Lipinski definition) is 4. The molecule has 0 amide bonds. The Morgan fingerprint density at radius 1 is 1.60 bits per heavy atom. The fourth-order valence-corrected chi connectivity index (χ4v) is 0.172. The minimum atomic E-state index is -1.48. The Balaban J connectivity index is 0. The van der Waals surface area contributed by atoms with Crippen molar-refractivity contribution in [1.82, 2.24) is 0 Å². The van der Waals surface area contributed by atoms with E-state index in [9.17, 15) is 9.59 Å². The van der Waals surface area contributed by atoms with Crippen LogP contribution in [0.1, 0.15) is 0 Å². The van der Waals surface area contributed by atoms with Crippen LogP contribution in [0.2, 0.25) is 0 Å². The molecule has 0 unspecified atom stereocenters. The zero-order chi connectivity index (χ0) is 8.57. The molecule has 0 aliphatic heterocycles. The molecule has 5 heteroatoms. The van der Waals surface area contributed by atoms with E-state index in [0.29, 0.717) is 0 Å². The van der Waals surface area contributed by atoms with Crippen molar-refractivity contribution in [3.63, 3.8) is 0 Å². The molecule has 0 rings (SSSR count). The van der Waals surface area contributed by atoms with Gasteiger partial charge in [-0.05, 0) is 0 Å². The van der Waals surface area contributed by atoms with Gasteiger partial charge in [-0.25, -0.2) is 10.1 Å². The largest absolute Gasteiger partial charge is 0.475 e. The minimum absolute atomic E-state index is 0.752. The zero-order valence-electron chi connectivity index (χ0n) is 5.31. The van der Waals surface area contributed by atoms with E-state index in [1.807, 2.05) is 0 Å². The van der Waals surface area contributed by atoms with Crippen LogP contribution in [0, 0.1) is 11.8 Å². The SMILES string of the molecule is C#N.CN=CC(=O)C(=O)O. The van der Waals surface area contributed by atoms with Gasteiger partial charge < -0.3 is 5.11 Å². The Bertz CT molecular complexity index is 171. The Morgan fingerprint density at radius 3 is 2.10 bits per heavy atom. The number of aliphatic carboxylic acids is 1. The van der Waals surface area contributed by atoms with Gasteiger partial charge in [0.25, 0.3) is 5.78 Å². The van der Waals surface area contributed by atoms with Gasteiger partial charge in [-0.15, -0.1) is 0 Å². The first kappa shape index (κ1) is 11.1. The van der Waals surface area contributed by atoms with Crippen LogP contribution in [0.15, 0.2) is 4.99 Å². The summed E-state index contributed by atoms with van der Waals surface area (Å²) >= 11 is 0. The van der Waals surface area contributed by atoms with Crippen molar-refractivity contribution >= 4 is 18.0 Å². The molecule has 0 aliphatic rings. The number of nitrogens with zero attached hydrogens (tertiary/aromatic N) is 2. The molecule has 0 saturated carbocycles. The lowest BCUT2D eigenvalue weighted by Crippen LogP contribution is -2.12. The van der Waals surface area contributed by atoms with Crippen LogP contribution in [0.4, 0.5) is 0 Å². The number of hydrogen-bond donors (Lipinski definition) is 1. The number of aliphatic imine (C=N–C) groups is 1. The standard InChI is InChI=1S/C4H5NO3.CHN/c1-5-2-3(6)4(7)8;1-2/h2H,1H3,(H,7,8);1H. The summed E-state index contributed by atoms with van der Waals surface area (Å²) in [7, 11) is 1.33. The second kappa shape index (κ2) is 7.30. The molecule has 0 aliphatic carbocycles. The molecule has 0 aromatic rings. The van der Waals surface area contributed by atoms with Crippen LogP contribution >= 0.6 is 0 Å². The summed E-state index contributed by atoms with van der Waals surface area (Å²) < 4.78 is 0. The third kappa shape index (κ3) is 6.30. The van der Waals surface area contributed by atoms with E-state index in [0.717, 1.165) is 6.21 Å². The summed E-state index contributed by atoms with van der Waals surface area (Å²) in [6, 6.07) is 0. The van der Waals surface area contributed by atoms with E-state index in [1.165, 1.54) is 7.05 Å². The van der Waals surface area contributed by atoms with Crippen LogP contribution in [0.5, 0.6) is 0 Å². The van der Waals surface area contributed by atoms with Crippen molar-refractivity contribution in [2.45, 2.75) is 0 Å². The Labute approximate surface area is 57.6 Å². The van der Waals surface area contributed by atoms with Crippen molar-refractivity contribution in [2.75, 3.05) is 7.05 Å². The summed E-state index contributed by atoms with van der Waals surface area (Å²) in [6.07, 6.45) is 0.752. The topological polar surface area (TPSA) is 90.5 Å². The van der Waals surface area contributed by atoms with Crippen molar-refractivity contribution in [3.8, 4) is 6.57 Å². The monoisotopic (exact) mass is 142 g/mol. The molecule has 0 saturated heterocycles. The van der Waals surface area contributed by atoms with Crippen molar-refractivity contribution in [3.05, 3.63) is 0 Å². The summed E-state index contributed by atoms with van der Waals surface area (Å²) in [5.74, 6) is -2.47. The molecule has 0 fully saturated rings. The number of rotatable bonds is 2. The molecule has 0 atom stereocenters. The molecular weight excluding hydrogens is 136 g/mol. The van der Waals surface area contributed by atoms with Gasteiger partial charge in [0.1, 0.15) is 0 Å². The average molecular weight is 142 g/mol. The van der Waals surface area contributed by atoms with E-state index in [-0.39, 0.29) is 0 Å². The van der Waals surface area contributed by atoms with Gasteiger partial charge in [0, 0.05) is 13.6 Å². The summed E-state index contributed by atoms with van der Waals surface area (Å²) in [4.78, 5) is 22.8. The Morgan fingerprint density at radius 2 is 2.00 bits per heavy atom. The Hall–Kier alpha value is -1.70. The number of carbonyl (C=O) groups is 2. The van der Waals surface area contributed by atoms with Crippen molar-refractivity contribution < 1.29 is 14.7 Å². The van der Waals surface area contributed by atoms with Crippen molar-refractivity contribution in [2.24, 2.45) is 4.99 Å². The quantitative estimate of drug-likeness (QED) is 0.415. The number of carboxylic acids is 1. The maximum atomic E-state index is 9.99. The molecule has 0 aromatic carbocycles. The highest BCUT2D eigenvalue weighted by atomic mass is 16.4. The van der Waals surface area contributed by atoms with Gasteiger partial charge in [0.15, 0.2) is 0 Å². The second-order valence-corrected chi connectivity index (χ2v) is 1.06. The van der Waals surface area contributed by atoms with E-state index in [4.69, 9.17) is 10.4 Å². The summed E-state index contributed by atoms with van der Waals surface area (Å²) in [5.41, 5.74) is 0. The fraction of sp³-hybridized carbons (Fsp3) is 0.200. The van der Waals surface area contributed by atoms with Crippen LogP contribution in [0.3, 0.4) is 0 Å². The van der Waals surface area contributed by atoms with Gasteiger partial charge in [-0.3, -0.25) is 9.79 Å². The molecule has 1 N–H and O–H groups in total. The molecule has 0 radical (unpaired) electrons. The highest BCUT2D eigenvalue weighted by Gasteiger charge is 2.04. The number of ketones is 1. The van der Waals surface area contributed by atoms with Gasteiger partial charge in [0.2, 0.25) is 0 Å². The maximum Gasteiger partial charge on any atom is 0.378 e. The highest BCUT2D eigenvalue weighted by Crippen LogP contribution is 1.64.